The van der Waals surface area contributed by atoms with Gasteiger partial charge >= 0.3 is 0 Å². The van der Waals surface area contributed by atoms with Gasteiger partial charge in [0, 0.05) is 23.1 Å². The molecule has 0 aliphatic carbocycles. The van der Waals surface area contributed by atoms with Gasteiger partial charge in [-0.15, -0.1) is 11.3 Å². The van der Waals surface area contributed by atoms with E-state index in [-0.39, 0.29) is 24.6 Å². The molecule has 1 amide bonds. The van der Waals surface area contributed by atoms with E-state index in [1.165, 1.54) is 23.5 Å². The van der Waals surface area contributed by atoms with Crippen LogP contribution in [0.4, 0.5) is 4.39 Å². The second-order valence-corrected chi connectivity index (χ2v) is 5.67. The summed E-state index contributed by atoms with van der Waals surface area (Å²) in [6, 6.07) is 6.13. The molecule has 0 fully saturated rings. The Hall–Kier alpha value is -2.51. The van der Waals surface area contributed by atoms with Crippen LogP contribution in [0.15, 0.2) is 46.6 Å². The Morgan fingerprint density at radius 3 is 3.00 bits per heavy atom. The Labute approximate surface area is 135 Å². The number of nitrogens with zero attached hydrogens (tertiary/aromatic N) is 1. The Balaban J connectivity index is 1.66. The molecule has 118 valence electrons. The Morgan fingerprint density at radius 2 is 2.26 bits per heavy atom. The molecule has 0 radical (unpaired) electrons. The molecule has 0 bridgehead atoms. The third-order valence-electron chi connectivity index (χ3n) is 3.24. The van der Waals surface area contributed by atoms with Gasteiger partial charge in [0.2, 0.25) is 0 Å². The van der Waals surface area contributed by atoms with E-state index in [0.29, 0.717) is 16.3 Å². The average Bonchev–Trinajstić information content (AvgIpc) is 3.24. The summed E-state index contributed by atoms with van der Waals surface area (Å²) in [7, 11) is 0. The molecule has 7 heteroatoms. The quantitative estimate of drug-likeness (QED) is 0.753. The molecule has 1 aromatic carbocycles. The Kier molecular flexibility index (Phi) is 4.50. The van der Waals surface area contributed by atoms with Gasteiger partial charge in [0.25, 0.3) is 5.91 Å². The van der Waals surface area contributed by atoms with Gasteiger partial charge in [0.05, 0.1) is 12.9 Å². The Morgan fingerprint density at radius 1 is 1.39 bits per heavy atom. The highest BCUT2D eigenvalue weighted by atomic mass is 32.1. The Bertz CT molecular complexity index is 815. The largest absolute Gasteiger partial charge is 0.472 e. The SMILES string of the molecule is O=C(NCc1ccc(F)c(CO)c1)c1csc(-c2ccoc2)n1. The number of hydrogen-bond acceptors (Lipinski definition) is 5. The fourth-order valence-electron chi connectivity index (χ4n) is 2.03. The molecule has 0 atom stereocenters. The highest BCUT2D eigenvalue weighted by molar-refractivity contribution is 7.13. The molecule has 0 saturated heterocycles. The van der Waals surface area contributed by atoms with E-state index in [2.05, 4.69) is 10.3 Å². The van der Waals surface area contributed by atoms with Crippen LogP contribution in [0.2, 0.25) is 0 Å². The first kappa shape index (κ1) is 15.4. The predicted octanol–water partition coefficient (Wildman–Crippen LogP) is 2.96. The zero-order chi connectivity index (χ0) is 16.2. The van der Waals surface area contributed by atoms with Crippen LogP contribution in [0, 0.1) is 5.82 Å². The van der Waals surface area contributed by atoms with E-state index in [1.807, 2.05) is 0 Å². The minimum atomic E-state index is -0.466. The molecule has 0 aliphatic rings. The normalized spacial score (nSPS) is 10.7. The summed E-state index contributed by atoms with van der Waals surface area (Å²) in [5.41, 5.74) is 2.04. The van der Waals surface area contributed by atoms with Crippen molar-refractivity contribution in [3.8, 4) is 10.6 Å². The number of aliphatic hydroxyl groups excluding tert-OH is 1. The van der Waals surface area contributed by atoms with Gasteiger partial charge in [0.15, 0.2) is 0 Å². The van der Waals surface area contributed by atoms with Crippen LogP contribution in [0.1, 0.15) is 21.6 Å². The lowest BCUT2D eigenvalue weighted by Crippen LogP contribution is -2.23. The van der Waals surface area contributed by atoms with Crippen molar-refractivity contribution in [2.45, 2.75) is 13.2 Å². The minimum Gasteiger partial charge on any atom is -0.472 e. The number of carbonyl (C=O) groups is 1. The van der Waals surface area contributed by atoms with Crippen LogP contribution < -0.4 is 5.32 Å². The van der Waals surface area contributed by atoms with Crippen molar-refractivity contribution in [3.63, 3.8) is 0 Å². The highest BCUT2D eigenvalue weighted by Gasteiger charge is 2.12. The van der Waals surface area contributed by atoms with Crippen LogP contribution in [-0.4, -0.2) is 16.0 Å². The number of halogens is 1. The van der Waals surface area contributed by atoms with E-state index >= 15 is 0 Å². The zero-order valence-corrected chi connectivity index (χ0v) is 12.8. The standard InChI is InChI=1S/C16H13FN2O3S/c17-13-2-1-10(5-12(13)7-20)6-18-15(21)14-9-23-16(19-14)11-3-4-22-8-11/h1-5,8-9,20H,6-7H2,(H,18,21). The number of amides is 1. The van der Waals surface area contributed by atoms with Crippen molar-refractivity contribution in [1.82, 2.24) is 10.3 Å². The van der Waals surface area contributed by atoms with Gasteiger partial charge in [-0.1, -0.05) is 6.07 Å². The van der Waals surface area contributed by atoms with E-state index in [9.17, 15) is 9.18 Å². The summed E-state index contributed by atoms with van der Waals surface area (Å²) in [4.78, 5) is 16.4. The van der Waals surface area contributed by atoms with Gasteiger partial charge < -0.3 is 14.8 Å². The second-order valence-electron chi connectivity index (χ2n) is 4.82. The maximum absolute atomic E-state index is 13.3. The fourth-order valence-corrected chi connectivity index (χ4v) is 2.82. The predicted molar refractivity (Wildman–Crippen MR) is 83.3 cm³/mol. The summed E-state index contributed by atoms with van der Waals surface area (Å²) >= 11 is 1.35. The summed E-state index contributed by atoms with van der Waals surface area (Å²) in [5.74, 6) is -0.780. The lowest BCUT2D eigenvalue weighted by atomic mass is 10.1. The van der Waals surface area contributed by atoms with Crippen molar-refractivity contribution in [3.05, 3.63) is 64.8 Å². The number of aromatic nitrogens is 1. The minimum absolute atomic E-state index is 0.202. The summed E-state index contributed by atoms with van der Waals surface area (Å²) in [6.07, 6.45) is 3.11. The first-order valence-corrected chi connectivity index (χ1v) is 7.70. The van der Waals surface area contributed by atoms with Gasteiger partial charge in [-0.05, 0) is 23.8 Å². The third kappa shape index (κ3) is 3.46. The van der Waals surface area contributed by atoms with Crippen LogP contribution in [0.5, 0.6) is 0 Å². The van der Waals surface area contributed by atoms with E-state index in [1.54, 1.807) is 30.0 Å². The third-order valence-corrected chi connectivity index (χ3v) is 4.13. The molecule has 23 heavy (non-hydrogen) atoms. The number of thiazole rings is 1. The first-order valence-electron chi connectivity index (χ1n) is 6.82. The lowest BCUT2D eigenvalue weighted by molar-refractivity contribution is 0.0946. The molecule has 5 nitrogen and oxygen atoms in total. The molecule has 3 aromatic rings. The molecule has 2 aromatic heterocycles. The maximum atomic E-state index is 13.3. The fraction of sp³-hybridized carbons (Fsp3) is 0.125. The molecule has 0 saturated carbocycles. The number of carbonyl (C=O) groups excluding carboxylic acids is 1. The average molecular weight is 332 g/mol. The molecule has 0 unspecified atom stereocenters. The lowest BCUT2D eigenvalue weighted by Gasteiger charge is -2.06. The van der Waals surface area contributed by atoms with Gasteiger partial charge in [0.1, 0.15) is 22.8 Å². The maximum Gasteiger partial charge on any atom is 0.271 e. The van der Waals surface area contributed by atoms with Crippen molar-refractivity contribution in [2.24, 2.45) is 0 Å². The molecule has 0 aliphatic heterocycles. The monoisotopic (exact) mass is 332 g/mol. The number of aliphatic hydroxyl groups is 1. The van der Waals surface area contributed by atoms with Crippen molar-refractivity contribution < 1.29 is 18.7 Å². The van der Waals surface area contributed by atoms with Crippen LogP contribution in [0.25, 0.3) is 10.6 Å². The second kappa shape index (κ2) is 6.72. The van der Waals surface area contributed by atoms with Crippen LogP contribution in [0.3, 0.4) is 0 Å². The van der Waals surface area contributed by atoms with E-state index in [0.717, 1.165) is 5.56 Å². The van der Waals surface area contributed by atoms with Crippen molar-refractivity contribution >= 4 is 17.2 Å². The zero-order valence-electron chi connectivity index (χ0n) is 12.0. The summed E-state index contributed by atoms with van der Waals surface area (Å²) in [5, 5.41) is 14.1. The smallest absolute Gasteiger partial charge is 0.271 e. The van der Waals surface area contributed by atoms with Gasteiger partial charge in [-0.3, -0.25) is 4.79 Å². The van der Waals surface area contributed by atoms with E-state index < -0.39 is 5.82 Å². The molecule has 2 N–H and O–H groups in total. The topological polar surface area (TPSA) is 75.4 Å². The van der Waals surface area contributed by atoms with E-state index in [4.69, 9.17) is 9.52 Å². The number of rotatable bonds is 5. The van der Waals surface area contributed by atoms with Crippen LogP contribution in [-0.2, 0) is 13.2 Å². The van der Waals surface area contributed by atoms with Crippen LogP contribution >= 0.6 is 11.3 Å². The summed E-state index contributed by atoms with van der Waals surface area (Å²) in [6.45, 7) is -0.154. The number of furan rings is 1. The molecule has 2 heterocycles. The molecular weight excluding hydrogens is 319 g/mol. The molecule has 0 spiro atoms. The summed E-state index contributed by atoms with van der Waals surface area (Å²) < 4.78 is 18.3. The van der Waals surface area contributed by atoms with Crippen molar-refractivity contribution in [1.29, 1.82) is 0 Å². The number of hydrogen-bond donors (Lipinski definition) is 2. The molecule has 3 rings (SSSR count). The van der Waals surface area contributed by atoms with Gasteiger partial charge in [-0.25, -0.2) is 9.37 Å². The number of nitrogens with one attached hydrogen (secondary N) is 1. The number of benzene rings is 1. The highest BCUT2D eigenvalue weighted by Crippen LogP contribution is 2.23. The molecular formula is C16H13FN2O3S. The van der Waals surface area contributed by atoms with Gasteiger partial charge in [-0.2, -0.15) is 0 Å². The van der Waals surface area contributed by atoms with Crippen molar-refractivity contribution in [2.75, 3.05) is 0 Å². The first-order chi connectivity index (χ1) is 11.2.